The van der Waals surface area contributed by atoms with Crippen LogP contribution in [0.1, 0.15) is 59.8 Å². The standard InChI is InChI=1S/C11H22N2O.C3H8.C2H6/c1-12-10-2-6-13(7-3-10)11-4-8-14-9-5-11;1-3-2;1-2/h10-12H,2-9H2,1H3;3H2,1-2H3;1-2H3. The van der Waals surface area contributed by atoms with Gasteiger partial charge in [0.15, 0.2) is 0 Å². The van der Waals surface area contributed by atoms with E-state index in [1.807, 2.05) is 13.8 Å². The molecule has 1 N–H and O–H groups in total. The van der Waals surface area contributed by atoms with Crippen LogP contribution >= 0.6 is 0 Å². The lowest BCUT2D eigenvalue weighted by atomic mass is 10.00. The number of likely N-dealkylation sites (tertiary alicyclic amines) is 1. The summed E-state index contributed by atoms with van der Waals surface area (Å²) in [7, 11) is 2.08. The van der Waals surface area contributed by atoms with Crippen LogP contribution in [0.2, 0.25) is 0 Å². The third-order valence-electron chi connectivity index (χ3n) is 3.65. The van der Waals surface area contributed by atoms with Crippen molar-refractivity contribution in [2.24, 2.45) is 0 Å². The molecule has 0 radical (unpaired) electrons. The highest BCUT2D eigenvalue weighted by Crippen LogP contribution is 2.19. The van der Waals surface area contributed by atoms with Crippen LogP contribution in [0.3, 0.4) is 0 Å². The average molecular weight is 272 g/mol. The summed E-state index contributed by atoms with van der Waals surface area (Å²) in [6.07, 6.45) is 6.36. The number of hydrogen-bond donors (Lipinski definition) is 1. The minimum atomic E-state index is 0.756. The van der Waals surface area contributed by atoms with E-state index in [4.69, 9.17) is 4.74 Å². The van der Waals surface area contributed by atoms with Crippen molar-refractivity contribution in [3.63, 3.8) is 0 Å². The Morgan fingerprint density at radius 2 is 1.47 bits per heavy atom. The van der Waals surface area contributed by atoms with Crippen LogP contribution in [0.25, 0.3) is 0 Å². The molecule has 0 saturated carbocycles. The second kappa shape index (κ2) is 12.9. The molecule has 0 unspecified atom stereocenters. The van der Waals surface area contributed by atoms with Crippen molar-refractivity contribution in [2.45, 2.75) is 71.9 Å². The highest BCUT2D eigenvalue weighted by molar-refractivity contribution is 4.82. The fraction of sp³-hybridized carbons (Fsp3) is 1.00. The van der Waals surface area contributed by atoms with Crippen molar-refractivity contribution in [1.82, 2.24) is 10.2 Å². The van der Waals surface area contributed by atoms with Gasteiger partial charge in [-0.1, -0.05) is 34.1 Å². The van der Waals surface area contributed by atoms with Crippen molar-refractivity contribution in [1.29, 1.82) is 0 Å². The third kappa shape index (κ3) is 7.91. The Bertz CT molecular complexity index is 174. The van der Waals surface area contributed by atoms with E-state index >= 15 is 0 Å². The number of nitrogens with zero attached hydrogens (tertiary/aromatic N) is 1. The van der Waals surface area contributed by atoms with E-state index < -0.39 is 0 Å². The molecular formula is C16H36N2O. The number of ether oxygens (including phenoxy) is 1. The van der Waals surface area contributed by atoms with Crippen LogP contribution in [0.15, 0.2) is 0 Å². The van der Waals surface area contributed by atoms with Crippen LogP contribution in [0.5, 0.6) is 0 Å². The SMILES string of the molecule is CC.CCC.CNC1CCN(C2CCOCC2)CC1. The molecule has 0 aliphatic carbocycles. The minimum absolute atomic E-state index is 0.756. The van der Waals surface area contributed by atoms with Crippen molar-refractivity contribution >= 4 is 0 Å². The molecular weight excluding hydrogens is 236 g/mol. The van der Waals surface area contributed by atoms with Crippen molar-refractivity contribution in [2.75, 3.05) is 33.4 Å². The van der Waals surface area contributed by atoms with Gasteiger partial charge in [-0.3, -0.25) is 0 Å². The first-order valence-electron chi connectivity index (χ1n) is 8.30. The van der Waals surface area contributed by atoms with Gasteiger partial charge < -0.3 is 15.0 Å². The Balaban J connectivity index is 0.000000573. The first-order chi connectivity index (χ1) is 9.31. The van der Waals surface area contributed by atoms with Crippen LogP contribution < -0.4 is 5.32 Å². The normalized spacial score (nSPS) is 21.9. The first kappa shape index (κ1) is 18.9. The van der Waals surface area contributed by atoms with Crippen molar-refractivity contribution in [3.8, 4) is 0 Å². The molecule has 0 bridgehead atoms. The first-order valence-corrected chi connectivity index (χ1v) is 8.30. The summed E-state index contributed by atoms with van der Waals surface area (Å²) >= 11 is 0. The lowest BCUT2D eigenvalue weighted by molar-refractivity contribution is 0.0242. The summed E-state index contributed by atoms with van der Waals surface area (Å²) in [6.45, 7) is 12.7. The van der Waals surface area contributed by atoms with Gasteiger partial charge in [-0.25, -0.2) is 0 Å². The Hall–Kier alpha value is -0.120. The molecule has 2 rings (SSSR count). The Morgan fingerprint density at radius 1 is 1.00 bits per heavy atom. The van der Waals surface area contributed by atoms with E-state index in [1.54, 1.807) is 0 Å². The van der Waals surface area contributed by atoms with Gasteiger partial charge in [-0.2, -0.15) is 0 Å². The molecule has 2 aliphatic rings. The maximum absolute atomic E-state index is 5.39. The van der Waals surface area contributed by atoms with E-state index in [9.17, 15) is 0 Å². The quantitative estimate of drug-likeness (QED) is 0.835. The smallest absolute Gasteiger partial charge is 0.0480 e. The predicted octanol–water partition coefficient (Wildman–Crippen LogP) is 3.29. The zero-order valence-corrected chi connectivity index (χ0v) is 13.9. The molecule has 2 fully saturated rings. The fourth-order valence-electron chi connectivity index (χ4n) is 2.60. The monoisotopic (exact) mass is 272 g/mol. The van der Waals surface area contributed by atoms with E-state index in [2.05, 4.69) is 31.1 Å². The van der Waals surface area contributed by atoms with Gasteiger partial charge in [0, 0.05) is 25.3 Å². The van der Waals surface area contributed by atoms with E-state index in [0.29, 0.717) is 0 Å². The molecule has 0 atom stereocenters. The van der Waals surface area contributed by atoms with E-state index in [0.717, 1.165) is 25.3 Å². The summed E-state index contributed by atoms with van der Waals surface area (Å²) in [5.74, 6) is 0. The lowest BCUT2D eigenvalue weighted by Gasteiger charge is -2.39. The average Bonchev–Trinajstić information content (AvgIpc) is 2.51. The molecule has 0 spiro atoms. The number of hydrogen-bond acceptors (Lipinski definition) is 3. The summed E-state index contributed by atoms with van der Waals surface area (Å²) in [5, 5.41) is 3.38. The second-order valence-electron chi connectivity index (χ2n) is 5.15. The molecule has 19 heavy (non-hydrogen) atoms. The van der Waals surface area contributed by atoms with Crippen molar-refractivity contribution in [3.05, 3.63) is 0 Å². The largest absolute Gasteiger partial charge is 0.381 e. The Labute approximate surface area is 121 Å². The summed E-state index contributed by atoms with van der Waals surface area (Å²) in [4.78, 5) is 2.66. The fourth-order valence-corrected chi connectivity index (χ4v) is 2.60. The van der Waals surface area contributed by atoms with E-state index in [1.165, 1.54) is 45.2 Å². The number of piperidine rings is 1. The summed E-state index contributed by atoms with van der Waals surface area (Å²) in [5.41, 5.74) is 0. The molecule has 0 amide bonds. The van der Waals surface area contributed by atoms with Gasteiger partial charge in [0.1, 0.15) is 0 Å². The highest BCUT2D eigenvalue weighted by Gasteiger charge is 2.25. The van der Waals surface area contributed by atoms with Gasteiger partial charge in [-0.05, 0) is 45.8 Å². The Morgan fingerprint density at radius 3 is 1.89 bits per heavy atom. The summed E-state index contributed by atoms with van der Waals surface area (Å²) in [6, 6.07) is 1.56. The van der Waals surface area contributed by atoms with Crippen LogP contribution in [0, 0.1) is 0 Å². The number of nitrogens with one attached hydrogen (secondary N) is 1. The van der Waals surface area contributed by atoms with Crippen LogP contribution in [0.4, 0.5) is 0 Å². The molecule has 2 aliphatic heterocycles. The summed E-state index contributed by atoms with van der Waals surface area (Å²) < 4.78 is 5.39. The molecule has 0 aromatic carbocycles. The van der Waals surface area contributed by atoms with Gasteiger partial charge in [-0.15, -0.1) is 0 Å². The molecule has 116 valence electrons. The molecule has 2 saturated heterocycles. The number of rotatable bonds is 2. The van der Waals surface area contributed by atoms with Crippen LogP contribution in [-0.2, 0) is 4.74 Å². The van der Waals surface area contributed by atoms with Gasteiger partial charge in [0.05, 0.1) is 0 Å². The van der Waals surface area contributed by atoms with E-state index in [-0.39, 0.29) is 0 Å². The predicted molar refractivity (Wildman–Crippen MR) is 84.8 cm³/mol. The zero-order valence-electron chi connectivity index (χ0n) is 13.9. The van der Waals surface area contributed by atoms with Crippen molar-refractivity contribution < 1.29 is 4.74 Å². The molecule has 2 heterocycles. The van der Waals surface area contributed by atoms with Gasteiger partial charge in [0.25, 0.3) is 0 Å². The topological polar surface area (TPSA) is 24.5 Å². The minimum Gasteiger partial charge on any atom is -0.381 e. The molecule has 3 heteroatoms. The van der Waals surface area contributed by atoms with Gasteiger partial charge in [0.2, 0.25) is 0 Å². The Kier molecular flexibility index (Phi) is 12.8. The lowest BCUT2D eigenvalue weighted by Crippen LogP contribution is -2.47. The maximum Gasteiger partial charge on any atom is 0.0480 e. The second-order valence-corrected chi connectivity index (χ2v) is 5.15. The zero-order chi connectivity index (χ0) is 14.5. The molecule has 3 nitrogen and oxygen atoms in total. The third-order valence-corrected chi connectivity index (χ3v) is 3.65. The highest BCUT2D eigenvalue weighted by atomic mass is 16.5. The van der Waals surface area contributed by atoms with Gasteiger partial charge >= 0.3 is 0 Å². The molecule has 0 aromatic rings. The van der Waals surface area contributed by atoms with Crippen LogP contribution in [-0.4, -0.2) is 50.3 Å². The maximum atomic E-state index is 5.39. The molecule has 0 aromatic heterocycles.